The monoisotopic (exact) mass is 570 g/mol. The molecule has 0 atom stereocenters. The van der Waals surface area contributed by atoms with Crippen molar-refractivity contribution in [2.75, 3.05) is 17.3 Å². The summed E-state index contributed by atoms with van der Waals surface area (Å²) in [5.41, 5.74) is 5.34. The van der Waals surface area contributed by atoms with E-state index in [9.17, 15) is 14.4 Å². The van der Waals surface area contributed by atoms with Crippen molar-refractivity contribution in [1.82, 2.24) is 0 Å². The number of anilines is 2. The van der Waals surface area contributed by atoms with Crippen LogP contribution in [0.15, 0.2) is 121 Å². The highest BCUT2D eigenvalue weighted by Gasteiger charge is 2.22. The second-order valence-corrected chi connectivity index (χ2v) is 9.99. The first-order valence-corrected chi connectivity index (χ1v) is 13.7. The molecule has 0 saturated carbocycles. The van der Waals surface area contributed by atoms with E-state index in [-0.39, 0.29) is 24.0 Å². The van der Waals surface area contributed by atoms with E-state index in [1.807, 2.05) is 67.6 Å². The van der Waals surface area contributed by atoms with Crippen molar-refractivity contribution in [1.29, 1.82) is 0 Å². The molecule has 0 fully saturated rings. The highest BCUT2D eigenvalue weighted by Crippen LogP contribution is 2.31. The molecule has 7 heteroatoms. The molecular formula is C36H30N2O5. The fourth-order valence-electron chi connectivity index (χ4n) is 4.84. The number of carbonyl (C=O) groups excluding carboxylic acids is 2. The molecule has 0 saturated heterocycles. The first-order chi connectivity index (χ1) is 20.8. The highest BCUT2D eigenvalue weighted by molar-refractivity contribution is 6.15. The molecule has 2 N–H and O–H groups in total. The molecule has 0 heterocycles. The zero-order valence-electron chi connectivity index (χ0n) is 23.8. The van der Waals surface area contributed by atoms with Crippen molar-refractivity contribution < 1.29 is 24.2 Å². The van der Waals surface area contributed by atoms with Crippen molar-refractivity contribution in [2.45, 2.75) is 13.5 Å². The zero-order chi connectivity index (χ0) is 30.3. The Kier molecular flexibility index (Phi) is 8.63. The smallest absolute Gasteiger partial charge is 0.335 e. The quantitative estimate of drug-likeness (QED) is 0.192. The van der Waals surface area contributed by atoms with Gasteiger partial charge in [0.15, 0.2) is 0 Å². The van der Waals surface area contributed by atoms with Gasteiger partial charge in [0.2, 0.25) is 0 Å². The summed E-state index contributed by atoms with van der Waals surface area (Å²) in [5, 5.41) is 12.1. The number of carboxylic acids is 1. The molecule has 0 spiro atoms. The van der Waals surface area contributed by atoms with Crippen LogP contribution < -0.4 is 15.0 Å². The number of hydrogen-bond acceptors (Lipinski definition) is 4. The molecule has 5 aromatic carbocycles. The van der Waals surface area contributed by atoms with E-state index in [0.29, 0.717) is 28.3 Å². The van der Waals surface area contributed by atoms with Gasteiger partial charge < -0.3 is 20.1 Å². The first-order valence-electron chi connectivity index (χ1n) is 13.7. The maximum atomic E-state index is 13.8. The Morgan fingerprint density at radius 2 is 1.44 bits per heavy atom. The van der Waals surface area contributed by atoms with Gasteiger partial charge in [0.05, 0.1) is 28.1 Å². The molecule has 0 aliphatic heterocycles. The number of ether oxygens (including phenoxy) is 1. The maximum Gasteiger partial charge on any atom is 0.335 e. The largest absolute Gasteiger partial charge is 0.487 e. The Hall–Kier alpha value is -5.69. The lowest BCUT2D eigenvalue weighted by Crippen LogP contribution is -2.28. The average Bonchev–Trinajstić information content (AvgIpc) is 3.04. The van der Waals surface area contributed by atoms with Gasteiger partial charge in [-0.15, -0.1) is 0 Å². The Balaban J connectivity index is 1.38. The molecular weight excluding hydrogens is 540 g/mol. The molecule has 0 bridgehead atoms. The van der Waals surface area contributed by atoms with E-state index in [2.05, 4.69) is 5.32 Å². The number of hydrogen-bond donors (Lipinski definition) is 2. The van der Waals surface area contributed by atoms with Crippen LogP contribution in [0.2, 0.25) is 0 Å². The van der Waals surface area contributed by atoms with Crippen LogP contribution in [0.3, 0.4) is 0 Å². The average molecular weight is 571 g/mol. The minimum atomic E-state index is -0.995. The lowest BCUT2D eigenvalue weighted by Gasteiger charge is -2.22. The second kappa shape index (κ2) is 12.9. The van der Waals surface area contributed by atoms with Gasteiger partial charge in [0.1, 0.15) is 12.4 Å². The van der Waals surface area contributed by atoms with Crippen molar-refractivity contribution >= 4 is 29.2 Å². The van der Waals surface area contributed by atoms with Crippen molar-refractivity contribution in [3.8, 4) is 16.9 Å². The molecule has 0 aliphatic carbocycles. The Morgan fingerprint density at radius 1 is 0.767 bits per heavy atom. The summed E-state index contributed by atoms with van der Waals surface area (Å²) >= 11 is 0. The van der Waals surface area contributed by atoms with E-state index < -0.39 is 5.97 Å². The van der Waals surface area contributed by atoms with Crippen LogP contribution in [0.1, 0.15) is 42.2 Å². The normalized spacial score (nSPS) is 10.6. The Bertz CT molecular complexity index is 1780. The topological polar surface area (TPSA) is 95.9 Å². The second-order valence-electron chi connectivity index (χ2n) is 9.99. The van der Waals surface area contributed by atoms with Crippen molar-refractivity contribution in [3.63, 3.8) is 0 Å². The number of nitrogens with zero attached hydrogens (tertiary/aromatic N) is 1. The number of carboxylic acid groups (broad SMARTS) is 1. The van der Waals surface area contributed by atoms with Crippen LogP contribution >= 0.6 is 0 Å². The third-order valence-electron chi connectivity index (χ3n) is 7.12. The molecule has 5 rings (SSSR count). The van der Waals surface area contributed by atoms with E-state index >= 15 is 0 Å². The molecule has 2 amide bonds. The number of aryl methyl sites for hydroxylation is 1. The van der Waals surface area contributed by atoms with E-state index in [1.165, 1.54) is 17.0 Å². The van der Waals surface area contributed by atoms with Crippen LogP contribution in [-0.4, -0.2) is 29.9 Å². The number of aromatic carboxylic acids is 1. The SMILES string of the molecule is Cc1cccc(-c2ccccc2)c1C(=O)Nc1ccccc1C(=O)N(C)c1ccccc1OCc1ccc(C(=O)O)cc1. The van der Waals surface area contributed by atoms with Gasteiger partial charge in [-0.25, -0.2) is 4.79 Å². The van der Waals surface area contributed by atoms with E-state index in [4.69, 9.17) is 9.84 Å². The highest BCUT2D eigenvalue weighted by atomic mass is 16.5. The fraction of sp³-hybridized carbons (Fsp3) is 0.0833. The summed E-state index contributed by atoms with van der Waals surface area (Å²) in [4.78, 5) is 40.1. The van der Waals surface area contributed by atoms with Gasteiger partial charge in [-0.05, 0) is 65.6 Å². The molecule has 7 nitrogen and oxygen atoms in total. The van der Waals surface area contributed by atoms with Gasteiger partial charge in [-0.2, -0.15) is 0 Å². The van der Waals surface area contributed by atoms with Gasteiger partial charge in [0, 0.05) is 7.05 Å². The summed E-state index contributed by atoms with van der Waals surface area (Å²) in [6, 6.07) is 36.0. The summed E-state index contributed by atoms with van der Waals surface area (Å²) in [7, 11) is 1.65. The molecule has 0 radical (unpaired) electrons. The number of carbonyl (C=O) groups is 3. The molecule has 5 aromatic rings. The van der Waals surface area contributed by atoms with E-state index in [1.54, 1.807) is 55.6 Å². The molecule has 0 aromatic heterocycles. The first kappa shape index (κ1) is 28.8. The van der Waals surface area contributed by atoms with Crippen molar-refractivity contribution in [3.05, 3.63) is 149 Å². The third kappa shape index (κ3) is 6.47. The number of benzene rings is 5. The predicted molar refractivity (Wildman–Crippen MR) is 168 cm³/mol. The molecule has 43 heavy (non-hydrogen) atoms. The number of rotatable bonds is 9. The minimum Gasteiger partial charge on any atom is -0.487 e. The number of amides is 2. The van der Waals surface area contributed by atoms with Crippen LogP contribution in [0.25, 0.3) is 11.1 Å². The van der Waals surface area contributed by atoms with Gasteiger partial charge in [-0.3, -0.25) is 9.59 Å². The van der Waals surface area contributed by atoms with Crippen LogP contribution in [0.5, 0.6) is 5.75 Å². The number of para-hydroxylation sites is 3. The standard InChI is InChI=1S/C36H30N2O5/c1-24-11-10-15-28(26-12-4-3-5-13-26)33(24)34(39)37-30-16-7-6-14-29(30)35(40)38(2)31-17-8-9-18-32(31)43-23-25-19-21-27(22-20-25)36(41)42/h3-22H,23H2,1-2H3,(H,37,39)(H,41,42). The summed E-state index contributed by atoms with van der Waals surface area (Å²) in [5.74, 6) is -1.15. The van der Waals surface area contributed by atoms with Crippen LogP contribution in [-0.2, 0) is 6.61 Å². The Labute approximate surface area is 250 Å². The minimum absolute atomic E-state index is 0.186. The third-order valence-corrected chi connectivity index (χ3v) is 7.12. The summed E-state index contributed by atoms with van der Waals surface area (Å²) in [6.07, 6.45) is 0. The lowest BCUT2D eigenvalue weighted by molar-refractivity contribution is 0.0696. The maximum absolute atomic E-state index is 13.8. The fourth-order valence-corrected chi connectivity index (χ4v) is 4.84. The van der Waals surface area contributed by atoms with E-state index in [0.717, 1.165) is 22.3 Å². The van der Waals surface area contributed by atoms with Gasteiger partial charge >= 0.3 is 5.97 Å². The molecule has 0 aliphatic rings. The molecule has 0 unspecified atom stereocenters. The Morgan fingerprint density at radius 3 is 2.19 bits per heavy atom. The summed E-state index contributed by atoms with van der Waals surface area (Å²) in [6.45, 7) is 2.08. The lowest BCUT2D eigenvalue weighted by atomic mass is 9.95. The zero-order valence-corrected chi connectivity index (χ0v) is 23.8. The van der Waals surface area contributed by atoms with Crippen LogP contribution in [0, 0.1) is 6.92 Å². The predicted octanol–water partition coefficient (Wildman–Crippen LogP) is 7.47. The van der Waals surface area contributed by atoms with Crippen LogP contribution in [0.4, 0.5) is 11.4 Å². The number of nitrogens with one attached hydrogen (secondary N) is 1. The van der Waals surface area contributed by atoms with Crippen molar-refractivity contribution in [2.24, 2.45) is 0 Å². The van der Waals surface area contributed by atoms with Gasteiger partial charge in [0.25, 0.3) is 11.8 Å². The molecule has 214 valence electrons. The van der Waals surface area contributed by atoms with Gasteiger partial charge in [-0.1, -0.05) is 84.9 Å². The summed E-state index contributed by atoms with van der Waals surface area (Å²) < 4.78 is 6.04.